The van der Waals surface area contributed by atoms with E-state index in [1.54, 1.807) is 35.4 Å². The molecule has 1 aromatic carbocycles. The topological polar surface area (TPSA) is 150 Å². The van der Waals surface area contributed by atoms with E-state index in [4.69, 9.17) is 11.6 Å². The Morgan fingerprint density at radius 2 is 1.90 bits per heavy atom. The Bertz CT molecular complexity index is 1970. The van der Waals surface area contributed by atoms with Crippen LogP contribution < -0.4 is 20.5 Å². The van der Waals surface area contributed by atoms with Crippen molar-refractivity contribution in [1.82, 2.24) is 29.4 Å². The van der Waals surface area contributed by atoms with Crippen molar-refractivity contribution in [2.45, 2.75) is 46.0 Å². The highest BCUT2D eigenvalue weighted by Crippen LogP contribution is 2.34. The van der Waals surface area contributed by atoms with Crippen LogP contribution in [0.1, 0.15) is 41.3 Å². The molecule has 13 nitrogen and oxygen atoms in total. The molecule has 0 unspecified atom stereocenters. The van der Waals surface area contributed by atoms with Crippen LogP contribution in [-0.4, -0.2) is 86.1 Å². The number of alkyl halides is 3. The number of carbonyl (C=O) groups is 2. The molecule has 17 heteroatoms. The second-order valence-corrected chi connectivity index (χ2v) is 12.0. The van der Waals surface area contributed by atoms with Crippen molar-refractivity contribution < 1.29 is 27.9 Å². The van der Waals surface area contributed by atoms with Gasteiger partial charge in [-0.05, 0) is 38.5 Å². The second kappa shape index (κ2) is 13.3. The van der Waals surface area contributed by atoms with Crippen LogP contribution in [0.25, 0.3) is 11.2 Å². The maximum atomic E-state index is 14.2. The van der Waals surface area contributed by atoms with E-state index in [2.05, 4.69) is 25.3 Å². The number of benzene rings is 1. The molecule has 1 atom stereocenters. The molecule has 0 radical (unpaired) electrons. The predicted octanol–water partition coefficient (Wildman–Crippen LogP) is 3.89. The minimum Gasteiger partial charge on any atom is -0.504 e. The molecule has 4 heterocycles. The Labute approximate surface area is 278 Å². The number of nitrogens with one attached hydrogen (secondary N) is 1. The number of carbonyl (C=O) groups excluding carboxylic acids is 2. The van der Waals surface area contributed by atoms with Gasteiger partial charge in [-0.15, -0.1) is 0 Å². The summed E-state index contributed by atoms with van der Waals surface area (Å²) in [5.74, 6) is -0.985. The SMILES string of the molecule is CCc1c(N2CCN(C(=O)c3ncnc(C)c3O)[C@H](C)C2)c(=O)c2nc(N(C)C)cnc2n1CC(=O)Nc1ccc(C(F)(F)F)cc1Cl. The minimum atomic E-state index is -4.61. The van der Waals surface area contributed by atoms with Crippen LogP contribution in [0.5, 0.6) is 5.75 Å². The molecule has 5 rings (SSSR count). The number of nitrogens with zero attached hydrogens (tertiary/aromatic N) is 8. The van der Waals surface area contributed by atoms with Gasteiger partial charge in [0.25, 0.3) is 5.91 Å². The number of aryl methyl sites for hydroxylation is 1. The lowest BCUT2D eigenvalue weighted by Gasteiger charge is -2.41. The van der Waals surface area contributed by atoms with Crippen LogP contribution in [0.2, 0.25) is 5.02 Å². The summed E-state index contributed by atoms with van der Waals surface area (Å²) >= 11 is 6.09. The van der Waals surface area contributed by atoms with Crippen LogP contribution in [0, 0.1) is 6.92 Å². The summed E-state index contributed by atoms with van der Waals surface area (Å²) in [4.78, 5) is 63.0. The largest absolute Gasteiger partial charge is 0.504 e. The molecule has 0 spiro atoms. The first-order chi connectivity index (χ1) is 22.6. The Morgan fingerprint density at radius 1 is 1.17 bits per heavy atom. The number of amides is 2. The molecular weight excluding hydrogens is 655 g/mol. The smallest absolute Gasteiger partial charge is 0.416 e. The van der Waals surface area contributed by atoms with Gasteiger partial charge in [0.15, 0.2) is 22.6 Å². The van der Waals surface area contributed by atoms with Crippen molar-refractivity contribution in [3.63, 3.8) is 0 Å². The second-order valence-electron chi connectivity index (χ2n) is 11.5. The number of aromatic nitrogens is 5. The normalized spacial score (nSPS) is 15.1. The van der Waals surface area contributed by atoms with E-state index in [1.165, 1.54) is 12.5 Å². The maximum absolute atomic E-state index is 14.2. The van der Waals surface area contributed by atoms with Crippen molar-refractivity contribution in [2.24, 2.45) is 0 Å². The van der Waals surface area contributed by atoms with Crippen LogP contribution >= 0.6 is 11.6 Å². The third-order valence-electron chi connectivity index (χ3n) is 8.10. The molecule has 0 bridgehead atoms. The summed E-state index contributed by atoms with van der Waals surface area (Å²) in [6, 6.07) is 2.21. The fraction of sp³-hybridized carbons (Fsp3) is 0.387. The molecule has 48 heavy (non-hydrogen) atoms. The molecule has 1 saturated heterocycles. The zero-order chi connectivity index (χ0) is 35.1. The van der Waals surface area contributed by atoms with E-state index in [9.17, 15) is 32.7 Å². The molecule has 0 saturated carbocycles. The lowest BCUT2D eigenvalue weighted by atomic mass is 10.1. The third kappa shape index (κ3) is 6.56. The minimum absolute atomic E-state index is 0.0150. The van der Waals surface area contributed by atoms with E-state index in [1.807, 2.05) is 18.7 Å². The number of hydrogen-bond acceptors (Lipinski definition) is 10. The number of fused-ring (bicyclic) bond motifs is 1. The standard InChI is InChI=1S/C31H33ClF3N9O4/c1-6-21-26(42-9-10-43(16(2)13-42)30(48)25-27(46)17(3)37-15-38-25)28(47)24-29(36-12-22(40-24)41(4)5)44(21)14-23(45)39-20-8-7-18(11-19(20)32)31(33,34)35/h7-8,11-12,15-16,46H,6,9-10,13-14H2,1-5H3,(H,39,45)/t16-/m1/s1. The van der Waals surface area contributed by atoms with Gasteiger partial charge in [0, 0.05) is 45.5 Å². The van der Waals surface area contributed by atoms with E-state index in [-0.39, 0.29) is 70.9 Å². The first-order valence-electron chi connectivity index (χ1n) is 14.9. The number of piperazine rings is 1. The van der Waals surface area contributed by atoms with Crippen molar-refractivity contribution in [3.05, 3.63) is 68.6 Å². The van der Waals surface area contributed by atoms with Gasteiger partial charge in [-0.25, -0.2) is 19.9 Å². The maximum Gasteiger partial charge on any atom is 0.416 e. The number of anilines is 3. The molecule has 1 aliphatic rings. The molecule has 254 valence electrons. The Morgan fingerprint density at radius 3 is 2.52 bits per heavy atom. The highest BCUT2D eigenvalue weighted by atomic mass is 35.5. The molecular formula is C31H33ClF3N9O4. The molecule has 0 aliphatic carbocycles. The summed E-state index contributed by atoms with van der Waals surface area (Å²) < 4.78 is 41.0. The van der Waals surface area contributed by atoms with Gasteiger partial charge < -0.3 is 29.7 Å². The van der Waals surface area contributed by atoms with Crippen molar-refractivity contribution >= 4 is 51.8 Å². The summed E-state index contributed by atoms with van der Waals surface area (Å²) in [6.07, 6.45) is -1.63. The summed E-state index contributed by atoms with van der Waals surface area (Å²) in [6.45, 7) is 5.50. The number of hydrogen-bond donors (Lipinski definition) is 2. The lowest BCUT2D eigenvalue weighted by molar-refractivity contribution is -0.137. The summed E-state index contributed by atoms with van der Waals surface area (Å²) in [5.41, 5.74) is -0.295. The molecule has 2 N–H and O–H groups in total. The van der Waals surface area contributed by atoms with Crippen molar-refractivity contribution in [2.75, 3.05) is 48.8 Å². The Balaban J connectivity index is 1.52. The zero-order valence-electron chi connectivity index (χ0n) is 26.8. The quantitative estimate of drug-likeness (QED) is 0.293. The fourth-order valence-electron chi connectivity index (χ4n) is 5.64. The number of rotatable bonds is 7. The monoisotopic (exact) mass is 687 g/mol. The van der Waals surface area contributed by atoms with E-state index < -0.39 is 35.0 Å². The Hall–Kier alpha value is -4.99. The van der Waals surface area contributed by atoms with Gasteiger partial charge in [0.2, 0.25) is 11.3 Å². The van der Waals surface area contributed by atoms with E-state index >= 15 is 0 Å². The highest BCUT2D eigenvalue weighted by molar-refractivity contribution is 6.33. The first kappa shape index (κ1) is 34.3. The van der Waals surface area contributed by atoms with Gasteiger partial charge in [-0.2, -0.15) is 13.2 Å². The van der Waals surface area contributed by atoms with Gasteiger partial charge in [0.05, 0.1) is 28.2 Å². The average Bonchev–Trinajstić information content (AvgIpc) is 3.03. The number of aromatic hydroxyl groups is 1. The van der Waals surface area contributed by atoms with Crippen LogP contribution in [0.4, 0.5) is 30.4 Å². The number of pyridine rings is 1. The molecule has 3 aromatic heterocycles. The van der Waals surface area contributed by atoms with Crippen LogP contribution in [0.15, 0.2) is 35.5 Å². The number of halogens is 4. The fourth-order valence-corrected chi connectivity index (χ4v) is 5.87. The van der Waals surface area contributed by atoms with Crippen LogP contribution in [-0.2, 0) is 23.9 Å². The lowest BCUT2D eigenvalue weighted by Crippen LogP contribution is -2.55. The van der Waals surface area contributed by atoms with Gasteiger partial charge in [-0.3, -0.25) is 14.4 Å². The van der Waals surface area contributed by atoms with Gasteiger partial charge in [-0.1, -0.05) is 18.5 Å². The van der Waals surface area contributed by atoms with Gasteiger partial charge in [0.1, 0.15) is 24.4 Å². The van der Waals surface area contributed by atoms with Crippen LogP contribution in [0.3, 0.4) is 0 Å². The Kier molecular flexibility index (Phi) is 9.48. The third-order valence-corrected chi connectivity index (χ3v) is 8.42. The first-order valence-corrected chi connectivity index (χ1v) is 15.3. The molecule has 2 amide bonds. The average molecular weight is 688 g/mol. The van der Waals surface area contributed by atoms with E-state index in [0.29, 0.717) is 17.9 Å². The van der Waals surface area contributed by atoms with Crippen molar-refractivity contribution in [3.8, 4) is 5.75 Å². The zero-order valence-corrected chi connectivity index (χ0v) is 27.5. The van der Waals surface area contributed by atoms with E-state index in [0.717, 1.165) is 18.2 Å². The highest BCUT2D eigenvalue weighted by Gasteiger charge is 2.34. The summed E-state index contributed by atoms with van der Waals surface area (Å²) in [7, 11) is 3.48. The predicted molar refractivity (Wildman–Crippen MR) is 174 cm³/mol. The molecule has 4 aromatic rings. The molecule has 1 fully saturated rings. The van der Waals surface area contributed by atoms with Gasteiger partial charge >= 0.3 is 6.18 Å². The molecule has 1 aliphatic heterocycles. The summed E-state index contributed by atoms with van der Waals surface area (Å²) in [5, 5.41) is 12.7. The van der Waals surface area contributed by atoms with Crippen molar-refractivity contribution in [1.29, 1.82) is 0 Å².